The van der Waals surface area contributed by atoms with E-state index in [1.54, 1.807) is 19.1 Å². The highest BCUT2D eigenvalue weighted by molar-refractivity contribution is 5.96. The quantitative estimate of drug-likeness (QED) is 0.648. The van der Waals surface area contributed by atoms with E-state index in [9.17, 15) is 14.9 Å². The molecular formula is C17H18N2O5. The van der Waals surface area contributed by atoms with Gasteiger partial charge in [0.2, 0.25) is 0 Å². The van der Waals surface area contributed by atoms with Crippen molar-refractivity contribution in [2.24, 2.45) is 0 Å². The maximum Gasteiger partial charge on any atom is 0.296 e. The maximum atomic E-state index is 12.3. The van der Waals surface area contributed by atoms with Crippen molar-refractivity contribution in [1.29, 1.82) is 0 Å². The van der Waals surface area contributed by atoms with Crippen molar-refractivity contribution in [3.05, 3.63) is 58.1 Å². The molecule has 0 radical (unpaired) electrons. The molecule has 7 nitrogen and oxygen atoms in total. The van der Waals surface area contributed by atoms with Gasteiger partial charge in [-0.25, -0.2) is 0 Å². The minimum Gasteiger partial charge on any atom is -0.496 e. The lowest BCUT2D eigenvalue weighted by molar-refractivity contribution is -0.384. The lowest BCUT2D eigenvalue weighted by atomic mass is 10.2. The fraction of sp³-hybridized carbons (Fsp3) is 0.235. The summed E-state index contributed by atoms with van der Waals surface area (Å²) in [5.74, 6) is 0.444. The molecule has 0 unspecified atom stereocenters. The Morgan fingerprint density at radius 3 is 2.58 bits per heavy atom. The molecule has 2 aromatic carbocycles. The van der Waals surface area contributed by atoms with Crippen LogP contribution in [0.2, 0.25) is 0 Å². The average Bonchev–Trinajstić information content (AvgIpc) is 2.57. The van der Waals surface area contributed by atoms with Crippen molar-refractivity contribution in [1.82, 2.24) is 0 Å². The molecule has 0 aliphatic carbocycles. The molecule has 1 atom stereocenters. The summed E-state index contributed by atoms with van der Waals surface area (Å²) in [4.78, 5) is 22.8. The zero-order valence-electron chi connectivity index (χ0n) is 13.6. The fourth-order valence-corrected chi connectivity index (χ4v) is 2.06. The molecule has 0 heterocycles. The molecule has 2 aromatic rings. The second-order valence-electron chi connectivity index (χ2n) is 5.16. The normalized spacial score (nSPS) is 11.5. The minimum absolute atomic E-state index is 0.0889. The molecule has 0 saturated carbocycles. The van der Waals surface area contributed by atoms with Crippen LogP contribution in [0.25, 0.3) is 0 Å². The van der Waals surface area contributed by atoms with E-state index in [1.165, 1.54) is 25.3 Å². The van der Waals surface area contributed by atoms with Gasteiger partial charge in [-0.1, -0.05) is 18.2 Å². The van der Waals surface area contributed by atoms with E-state index in [1.807, 2.05) is 19.1 Å². The van der Waals surface area contributed by atoms with Gasteiger partial charge >= 0.3 is 0 Å². The van der Waals surface area contributed by atoms with E-state index < -0.39 is 16.9 Å². The molecule has 126 valence electrons. The van der Waals surface area contributed by atoms with Crippen LogP contribution in [-0.4, -0.2) is 24.0 Å². The van der Waals surface area contributed by atoms with Crippen LogP contribution in [0.3, 0.4) is 0 Å². The lowest BCUT2D eigenvalue weighted by Crippen LogP contribution is -2.30. The number of hydrogen-bond donors (Lipinski definition) is 1. The first kappa shape index (κ1) is 17.3. The van der Waals surface area contributed by atoms with Crippen LogP contribution in [-0.2, 0) is 4.79 Å². The minimum atomic E-state index is -0.812. The van der Waals surface area contributed by atoms with Crippen molar-refractivity contribution >= 4 is 17.3 Å². The van der Waals surface area contributed by atoms with Crippen molar-refractivity contribution in [3.8, 4) is 11.5 Å². The number of nitro groups is 1. The SMILES string of the molecule is COc1ccc(NC(=O)[C@H](C)Oc2ccccc2C)c([N+](=O)[O-])c1. The molecule has 1 amide bonds. The average molecular weight is 330 g/mol. The van der Waals surface area contributed by atoms with Crippen LogP contribution in [0, 0.1) is 17.0 Å². The van der Waals surface area contributed by atoms with E-state index in [2.05, 4.69) is 5.32 Å². The Kier molecular flexibility index (Phi) is 5.36. The number of amides is 1. The van der Waals surface area contributed by atoms with Crippen molar-refractivity contribution in [2.75, 3.05) is 12.4 Å². The summed E-state index contributed by atoms with van der Waals surface area (Å²) in [5.41, 5.74) is 0.740. The summed E-state index contributed by atoms with van der Waals surface area (Å²) in [6.45, 7) is 3.45. The number of rotatable bonds is 6. The first-order chi connectivity index (χ1) is 11.4. The van der Waals surface area contributed by atoms with E-state index in [-0.39, 0.29) is 11.4 Å². The Labute approximate surface area is 139 Å². The number of ether oxygens (including phenoxy) is 2. The molecular weight excluding hydrogens is 312 g/mol. The van der Waals surface area contributed by atoms with Crippen LogP contribution in [0.1, 0.15) is 12.5 Å². The number of carbonyl (C=O) groups excluding carboxylic acids is 1. The third-order valence-electron chi connectivity index (χ3n) is 3.43. The highest BCUT2D eigenvalue weighted by atomic mass is 16.6. The second kappa shape index (κ2) is 7.45. The molecule has 24 heavy (non-hydrogen) atoms. The molecule has 7 heteroatoms. The number of nitrogens with one attached hydrogen (secondary N) is 1. The first-order valence-corrected chi connectivity index (χ1v) is 7.28. The highest BCUT2D eigenvalue weighted by Crippen LogP contribution is 2.29. The Bertz CT molecular complexity index is 760. The van der Waals surface area contributed by atoms with Gasteiger partial charge in [-0.3, -0.25) is 14.9 Å². The van der Waals surface area contributed by atoms with E-state index in [4.69, 9.17) is 9.47 Å². The lowest BCUT2D eigenvalue weighted by Gasteiger charge is -2.16. The predicted molar refractivity (Wildman–Crippen MR) is 89.5 cm³/mol. The van der Waals surface area contributed by atoms with Gasteiger partial charge in [-0.05, 0) is 37.6 Å². The van der Waals surface area contributed by atoms with Crippen molar-refractivity contribution in [2.45, 2.75) is 20.0 Å². The van der Waals surface area contributed by atoms with Gasteiger partial charge in [0.1, 0.15) is 17.2 Å². The van der Waals surface area contributed by atoms with E-state index in [0.717, 1.165) is 5.56 Å². The third-order valence-corrected chi connectivity index (χ3v) is 3.43. The summed E-state index contributed by atoms with van der Waals surface area (Å²) in [6, 6.07) is 11.5. The number of anilines is 1. The largest absolute Gasteiger partial charge is 0.496 e. The number of hydrogen-bond acceptors (Lipinski definition) is 5. The zero-order chi connectivity index (χ0) is 17.7. The maximum absolute atomic E-state index is 12.3. The Morgan fingerprint density at radius 1 is 1.25 bits per heavy atom. The Balaban J connectivity index is 2.14. The van der Waals surface area contributed by atoms with Crippen LogP contribution in [0.15, 0.2) is 42.5 Å². The van der Waals surface area contributed by atoms with Gasteiger partial charge in [0.25, 0.3) is 11.6 Å². The van der Waals surface area contributed by atoms with Gasteiger partial charge in [0.15, 0.2) is 6.10 Å². The number of carbonyl (C=O) groups is 1. The number of nitro benzene ring substituents is 1. The number of methoxy groups -OCH3 is 1. The molecule has 0 spiro atoms. The molecule has 0 fully saturated rings. The molecule has 2 rings (SSSR count). The smallest absolute Gasteiger partial charge is 0.296 e. The number of nitrogens with zero attached hydrogens (tertiary/aromatic N) is 1. The van der Waals surface area contributed by atoms with Gasteiger partial charge in [0, 0.05) is 0 Å². The zero-order valence-corrected chi connectivity index (χ0v) is 13.6. The van der Waals surface area contributed by atoms with Crippen molar-refractivity contribution < 1.29 is 19.2 Å². The molecule has 0 saturated heterocycles. The third kappa shape index (κ3) is 4.01. The fourth-order valence-electron chi connectivity index (χ4n) is 2.06. The van der Waals surface area contributed by atoms with Crippen LogP contribution in [0.5, 0.6) is 11.5 Å². The van der Waals surface area contributed by atoms with Crippen LogP contribution >= 0.6 is 0 Å². The summed E-state index contributed by atoms with van der Waals surface area (Å²) < 4.78 is 10.6. The topological polar surface area (TPSA) is 90.7 Å². The number of benzene rings is 2. The summed E-state index contributed by atoms with van der Waals surface area (Å²) >= 11 is 0. The van der Waals surface area contributed by atoms with Crippen LogP contribution in [0.4, 0.5) is 11.4 Å². The highest BCUT2D eigenvalue weighted by Gasteiger charge is 2.21. The summed E-state index contributed by atoms with van der Waals surface area (Å²) in [6.07, 6.45) is -0.812. The standard InChI is InChI=1S/C17H18N2O5/c1-11-6-4-5-7-16(11)24-12(2)17(20)18-14-9-8-13(23-3)10-15(14)19(21)22/h4-10,12H,1-3H3,(H,18,20)/t12-/m0/s1. The second-order valence-corrected chi connectivity index (χ2v) is 5.16. The molecule has 0 bridgehead atoms. The molecule has 1 N–H and O–H groups in total. The van der Waals surface area contributed by atoms with E-state index >= 15 is 0 Å². The predicted octanol–water partition coefficient (Wildman–Crippen LogP) is 3.32. The van der Waals surface area contributed by atoms with Gasteiger partial charge in [-0.15, -0.1) is 0 Å². The molecule has 0 aliphatic heterocycles. The van der Waals surface area contributed by atoms with E-state index in [0.29, 0.717) is 11.5 Å². The van der Waals surface area contributed by atoms with Gasteiger partial charge < -0.3 is 14.8 Å². The van der Waals surface area contributed by atoms with Crippen molar-refractivity contribution in [3.63, 3.8) is 0 Å². The summed E-state index contributed by atoms with van der Waals surface area (Å²) in [5, 5.41) is 13.7. The van der Waals surface area contributed by atoms with Crippen LogP contribution < -0.4 is 14.8 Å². The Morgan fingerprint density at radius 2 is 1.96 bits per heavy atom. The first-order valence-electron chi connectivity index (χ1n) is 7.28. The number of para-hydroxylation sites is 1. The van der Waals surface area contributed by atoms with Gasteiger partial charge in [0.05, 0.1) is 18.1 Å². The molecule has 0 aliphatic rings. The number of aryl methyl sites for hydroxylation is 1. The Hall–Kier alpha value is -3.09. The molecule has 0 aromatic heterocycles. The monoisotopic (exact) mass is 330 g/mol. The summed E-state index contributed by atoms with van der Waals surface area (Å²) in [7, 11) is 1.41. The van der Waals surface area contributed by atoms with Gasteiger partial charge in [-0.2, -0.15) is 0 Å².